The Morgan fingerprint density at radius 3 is 2.78 bits per heavy atom. The van der Waals surface area contributed by atoms with Crippen LogP contribution in [0.4, 0.5) is 5.69 Å². The lowest BCUT2D eigenvalue weighted by Gasteiger charge is -2.15. The predicted octanol–water partition coefficient (Wildman–Crippen LogP) is 3.22. The molecule has 1 aromatic carbocycles. The molecule has 2 rings (SSSR count). The van der Waals surface area contributed by atoms with Gasteiger partial charge in [0, 0.05) is 16.7 Å². The maximum absolute atomic E-state index is 8.79. The maximum atomic E-state index is 8.79. The summed E-state index contributed by atoms with van der Waals surface area (Å²) in [6.07, 6.45) is 3.87. The molecule has 3 nitrogen and oxygen atoms in total. The van der Waals surface area contributed by atoms with Gasteiger partial charge in [0.1, 0.15) is 0 Å². The summed E-state index contributed by atoms with van der Waals surface area (Å²) in [7, 11) is 0. The molecule has 4 heteroatoms. The topological polar surface area (TPSA) is 39.1 Å². The summed E-state index contributed by atoms with van der Waals surface area (Å²) in [6.45, 7) is 4.68. The molecular formula is C14H18BrN3. The number of hydrogen-bond donors (Lipinski definition) is 1. The molecule has 1 N–H and O–H groups in total. The molecule has 1 aromatic rings. The van der Waals surface area contributed by atoms with Crippen LogP contribution in [-0.2, 0) is 0 Å². The van der Waals surface area contributed by atoms with Gasteiger partial charge in [0.25, 0.3) is 0 Å². The Morgan fingerprint density at radius 2 is 2.11 bits per heavy atom. The summed E-state index contributed by atoms with van der Waals surface area (Å²) in [6, 6.07) is 7.78. The highest BCUT2D eigenvalue weighted by Crippen LogP contribution is 2.23. The van der Waals surface area contributed by atoms with Crippen LogP contribution in [0.1, 0.15) is 24.8 Å². The van der Waals surface area contributed by atoms with Crippen molar-refractivity contribution in [1.29, 1.82) is 5.26 Å². The predicted molar refractivity (Wildman–Crippen MR) is 77.6 cm³/mol. The normalized spacial score (nSPS) is 15.6. The number of nitriles is 1. The van der Waals surface area contributed by atoms with Crippen molar-refractivity contribution in [2.24, 2.45) is 0 Å². The second kappa shape index (κ2) is 6.77. The van der Waals surface area contributed by atoms with E-state index in [9.17, 15) is 0 Å². The number of nitrogens with one attached hydrogen (secondary N) is 1. The van der Waals surface area contributed by atoms with Crippen molar-refractivity contribution in [2.75, 3.05) is 31.5 Å². The lowest BCUT2D eigenvalue weighted by molar-refractivity contribution is 0.337. The highest BCUT2D eigenvalue weighted by atomic mass is 79.9. The largest absolute Gasteiger partial charge is 0.384 e. The number of anilines is 1. The second-order valence-electron chi connectivity index (χ2n) is 4.64. The van der Waals surface area contributed by atoms with Gasteiger partial charge in [-0.05, 0) is 73.0 Å². The van der Waals surface area contributed by atoms with Crippen molar-refractivity contribution in [3.05, 3.63) is 28.2 Å². The van der Waals surface area contributed by atoms with Gasteiger partial charge in [0.15, 0.2) is 0 Å². The van der Waals surface area contributed by atoms with E-state index in [1.165, 1.54) is 32.5 Å². The van der Waals surface area contributed by atoms with E-state index < -0.39 is 0 Å². The highest BCUT2D eigenvalue weighted by Gasteiger charge is 2.10. The van der Waals surface area contributed by atoms with Gasteiger partial charge in [-0.15, -0.1) is 0 Å². The molecule has 0 radical (unpaired) electrons. The van der Waals surface area contributed by atoms with Crippen LogP contribution in [0.5, 0.6) is 0 Å². The highest BCUT2D eigenvalue weighted by molar-refractivity contribution is 9.10. The summed E-state index contributed by atoms with van der Waals surface area (Å²) in [5.41, 5.74) is 1.75. The van der Waals surface area contributed by atoms with Gasteiger partial charge in [0.05, 0.1) is 11.6 Å². The van der Waals surface area contributed by atoms with Gasteiger partial charge in [0.2, 0.25) is 0 Å². The SMILES string of the molecule is N#Cc1ccc(NCCCN2CCCC2)c(Br)c1. The molecule has 0 unspecified atom stereocenters. The first-order valence-corrected chi connectivity index (χ1v) is 7.25. The Morgan fingerprint density at radius 1 is 1.33 bits per heavy atom. The summed E-state index contributed by atoms with van der Waals surface area (Å²) in [5, 5.41) is 12.2. The lowest BCUT2D eigenvalue weighted by atomic mass is 10.2. The fourth-order valence-corrected chi connectivity index (χ4v) is 2.78. The van der Waals surface area contributed by atoms with Crippen molar-refractivity contribution in [1.82, 2.24) is 4.90 Å². The van der Waals surface area contributed by atoms with E-state index in [2.05, 4.69) is 32.2 Å². The average Bonchev–Trinajstić information content (AvgIpc) is 2.89. The second-order valence-corrected chi connectivity index (χ2v) is 5.49. The Balaban J connectivity index is 1.74. The molecule has 1 aliphatic heterocycles. The molecule has 96 valence electrons. The molecule has 18 heavy (non-hydrogen) atoms. The van der Waals surface area contributed by atoms with Gasteiger partial charge in [-0.1, -0.05) is 0 Å². The minimum absolute atomic E-state index is 0.685. The van der Waals surface area contributed by atoms with Crippen molar-refractivity contribution < 1.29 is 0 Å². The number of nitrogens with zero attached hydrogens (tertiary/aromatic N) is 2. The smallest absolute Gasteiger partial charge is 0.0992 e. The van der Waals surface area contributed by atoms with Crippen LogP contribution in [0.3, 0.4) is 0 Å². The van der Waals surface area contributed by atoms with E-state index in [4.69, 9.17) is 5.26 Å². The number of benzene rings is 1. The molecule has 1 heterocycles. The molecule has 0 aromatic heterocycles. The van der Waals surface area contributed by atoms with E-state index >= 15 is 0 Å². The summed E-state index contributed by atoms with van der Waals surface area (Å²) in [4.78, 5) is 2.52. The first kappa shape index (κ1) is 13.4. The lowest BCUT2D eigenvalue weighted by Crippen LogP contribution is -2.22. The zero-order valence-corrected chi connectivity index (χ0v) is 12.0. The summed E-state index contributed by atoms with van der Waals surface area (Å²) < 4.78 is 0.961. The van der Waals surface area contributed by atoms with Crippen LogP contribution in [-0.4, -0.2) is 31.1 Å². The number of rotatable bonds is 5. The molecule has 0 aliphatic carbocycles. The molecule has 0 atom stereocenters. The van der Waals surface area contributed by atoms with Crippen LogP contribution in [0.15, 0.2) is 22.7 Å². The Hall–Kier alpha value is -1.05. The van der Waals surface area contributed by atoms with Gasteiger partial charge < -0.3 is 10.2 Å². The minimum Gasteiger partial charge on any atom is -0.384 e. The molecule has 1 fully saturated rings. The van der Waals surface area contributed by atoms with Gasteiger partial charge in [-0.3, -0.25) is 0 Å². The van der Waals surface area contributed by atoms with Crippen molar-refractivity contribution >= 4 is 21.6 Å². The van der Waals surface area contributed by atoms with Crippen LogP contribution in [0.25, 0.3) is 0 Å². The van der Waals surface area contributed by atoms with E-state index in [1.54, 1.807) is 0 Å². The third kappa shape index (κ3) is 3.72. The van der Waals surface area contributed by atoms with E-state index in [-0.39, 0.29) is 0 Å². The maximum Gasteiger partial charge on any atom is 0.0992 e. The first-order chi connectivity index (χ1) is 8.79. The van der Waals surface area contributed by atoms with E-state index in [0.717, 1.165) is 23.1 Å². The van der Waals surface area contributed by atoms with Crippen molar-refractivity contribution in [2.45, 2.75) is 19.3 Å². The van der Waals surface area contributed by atoms with Crippen LogP contribution in [0.2, 0.25) is 0 Å². The standard InChI is InChI=1S/C14H18BrN3/c15-13-10-12(11-16)4-5-14(13)17-6-3-9-18-7-1-2-8-18/h4-5,10,17H,1-3,6-9H2. The molecule has 1 aliphatic rings. The Labute approximate surface area is 117 Å². The van der Waals surface area contributed by atoms with Gasteiger partial charge in [-0.2, -0.15) is 5.26 Å². The molecular weight excluding hydrogens is 290 g/mol. The Bertz CT molecular complexity index is 433. The third-order valence-corrected chi connectivity index (χ3v) is 3.92. The minimum atomic E-state index is 0.685. The zero-order valence-electron chi connectivity index (χ0n) is 10.5. The van der Waals surface area contributed by atoms with Crippen molar-refractivity contribution in [3.63, 3.8) is 0 Å². The molecule has 1 saturated heterocycles. The number of halogens is 1. The van der Waals surface area contributed by atoms with E-state index in [0.29, 0.717) is 5.56 Å². The first-order valence-electron chi connectivity index (χ1n) is 6.45. The average molecular weight is 308 g/mol. The van der Waals surface area contributed by atoms with Gasteiger partial charge >= 0.3 is 0 Å². The third-order valence-electron chi connectivity index (χ3n) is 3.26. The summed E-state index contributed by atoms with van der Waals surface area (Å²) >= 11 is 3.48. The number of hydrogen-bond acceptors (Lipinski definition) is 3. The molecule has 0 spiro atoms. The van der Waals surface area contributed by atoms with Crippen LogP contribution in [0, 0.1) is 11.3 Å². The molecule has 0 bridgehead atoms. The van der Waals surface area contributed by atoms with Gasteiger partial charge in [-0.25, -0.2) is 0 Å². The number of likely N-dealkylation sites (tertiary alicyclic amines) is 1. The molecule has 0 saturated carbocycles. The fraction of sp³-hybridized carbons (Fsp3) is 0.500. The van der Waals surface area contributed by atoms with Crippen molar-refractivity contribution in [3.8, 4) is 6.07 Å². The summed E-state index contributed by atoms with van der Waals surface area (Å²) in [5.74, 6) is 0. The molecule has 0 amide bonds. The fourth-order valence-electron chi connectivity index (χ4n) is 2.26. The van der Waals surface area contributed by atoms with Crippen LogP contribution >= 0.6 is 15.9 Å². The van der Waals surface area contributed by atoms with Crippen LogP contribution < -0.4 is 5.32 Å². The monoisotopic (exact) mass is 307 g/mol. The Kier molecular flexibility index (Phi) is 5.03. The quantitative estimate of drug-likeness (QED) is 0.849. The zero-order chi connectivity index (χ0) is 12.8. The van der Waals surface area contributed by atoms with E-state index in [1.807, 2.05) is 18.2 Å².